The van der Waals surface area contributed by atoms with Crippen LogP contribution in [0.1, 0.15) is 38.3 Å². The molecule has 2 aromatic carbocycles. The van der Waals surface area contributed by atoms with Crippen LogP contribution in [0.3, 0.4) is 0 Å². The molecule has 0 unspecified atom stereocenters. The number of hydrogen-bond donors (Lipinski definition) is 2. The first-order valence-corrected chi connectivity index (χ1v) is 8.96. The van der Waals surface area contributed by atoms with Gasteiger partial charge in [-0.1, -0.05) is 61.8 Å². The lowest BCUT2D eigenvalue weighted by molar-refractivity contribution is 0.420. The highest BCUT2D eigenvalue weighted by atomic mass is 35.5. The van der Waals surface area contributed by atoms with Gasteiger partial charge in [0.15, 0.2) is 5.11 Å². The molecule has 0 bridgehead atoms. The van der Waals surface area contributed by atoms with Gasteiger partial charge in [-0.2, -0.15) is 0 Å². The van der Waals surface area contributed by atoms with Gasteiger partial charge in [0.05, 0.1) is 0 Å². The number of halogens is 1. The van der Waals surface area contributed by atoms with Gasteiger partial charge in [0, 0.05) is 16.8 Å². The summed E-state index contributed by atoms with van der Waals surface area (Å²) in [5.41, 5.74) is 3.37. The normalized spacial score (nSPS) is 12.5. The molecular weight excluding hydrogens is 336 g/mol. The zero-order chi connectivity index (χ0) is 17.7. The molecule has 0 aliphatic heterocycles. The maximum absolute atomic E-state index is 6.15. The van der Waals surface area contributed by atoms with Gasteiger partial charge in [-0.25, -0.2) is 0 Å². The van der Waals surface area contributed by atoms with Crippen molar-refractivity contribution in [1.82, 2.24) is 5.32 Å². The predicted octanol–water partition coefficient (Wildman–Crippen LogP) is 5.69. The first-order valence-electron chi connectivity index (χ1n) is 8.17. The first-order chi connectivity index (χ1) is 11.3. The predicted molar refractivity (Wildman–Crippen MR) is 109 cm³/mol. The summed E-state index contributed by atoms with van der Waals surface area (Å²) in [6.45, 7) is 8.66. The molecule has 0 spiro atoms. The molecule has 2 rings (SSSR count). The second-order valence-corrected chi connectivity index (χ2v) is 7.73. The number of anilines is 1. The topological polar surface area (TPSA) is 24.1 Å². The summed E-state index contributed by atoms with van der Waals surface area (Å²) in [7, 11) is 0. The summed E-state index contributed by atoms with van der Waals surface area (Å²) in [4.78, 5) is 0. The van der Waals surface area contributed by atoms with Crippen molar-refractivity contribution in [3.05, 3.63) is 64.7 Å². The average molecular weight is 361 g/mol. The molecule has 24 heavy (non-hydrogen) atoms. The number of rotatable bonds is 5. The second kappa shape index (κ2) is 8.00. The van der Waals surface area contributed by atoms with Crippen molar-refractivity contribution in [3.63, 3.8) is 0 Å². The fraction of sp³-hybridized carbons (Fsp3) is 0.350. The van der Waals surface area contributed by atoms with E-state index in [4.69, 9.17) is 23.8 Å². The molecule has 0 saturated heterocycles. The number of benzene rings is 2. The summed E-state index contributed by atoms with van der Waals surface area (Å²) >= 11 is 11.6. The Hall–Kier alpha value is -1.58. The number of aryl methyl sites for hydroxylation is 1. The maximum Gasteiger partial charge on any atom is 0.170 e. The molecule has 0 heterocycles. The van der Waals surface area contributed by atoms with Gasteiger partial charge in [-0.3, -0.25) is 0 Å². The lowest BCUT2D eigenvalue weighted by Gasteiger charge is -2.29. The third-order valence-corrected chi connectivity index (χ3v) is 4.81. The van der Waals surface area contributed by atoms with Gasteiger partial charge in [0.2, 0.25) is 0 Å². The zero-order valence-electron chi connectivity index (χ0n) is 14.7. The van der Waals surface area contributed by atoms with E-state index in [9.17, 15) is 0 Å². The van der Waals surface area contributed by atoms with Crippen molar-refractivity contribution in [1.29, 1.82) is 0 Å². The van der Waals surface area contributed by atoms with Crippen molar-refractivity contribution in [2.24, 2.45) is 0 Å². The molecule has 0 saturated carbocycles. The van der Waals surface area contributed by atoms with Crippen molar-refractivity contribution < 1.29 is 0 Å². The standard InChI is InChI=1S/C20H25ClN2S/c1-14-10-11-17(12-18(14)21)23-19(24)22-15(2)13-20(3,4)16-8-6-5-7-9-16/h5-12,15H,13H2,1-4H3,(H2,22,23,24)/t15-/m0/s1. The monoisotopic (exact) mass is 360 g/mol. The Balaban J connectivity index is 1.92. The molecule has 0 aromatic heterocycles. The highest BCUT2D eigenvalue weighted by Gasteiger charge is 2.23. The van der Waals surface area contributed by atoms with Gasteiger partial charge in [-0.15, -0.1) is 0 Å². The van der Waals surface area contributed by atoms with Crippen molar-refractivity contribution >= 4 is 34.6 Å². The SMILES string of the molecule is Cc1ccc(NC(=S)N[C@@H](C)CC(C)(C)c2ccccc2)cc1Cl. The van der Waals surface area contributed by atoms with Crippen LogP contribution in [0.4, 0.5) is 5.69 Å². The highest BCUT2D eigenvalue weighted by molar-refractivity contribution is 7.80. The molecule has 0 fully saturated rings. The van der Waals surface area contributed by atoms with E-state index >= 15 is 0 Å². The number of hydrogen-bond acceptors (Lipinski definition) is 1. The van der Waals surface area contributed by atoms with Gasteiger partial charge >= 0.3 is 0 Å². The van der Waals surface area contributed by atoms with E-state index in [1.165, 1.54) is 5.56 Å². The molecule has 1 atom stereocenters. The highest BCUT2D eigenvalue weighted by Crippen LogP contribution is 2.28. The number of thiocarbonyl (C=S) groups is 1. The molecule has 0 aliphatic carbocycles. The molecule has 2 aromatic rings. The molecule has 128 valence electrons. The Kier molecular flexibility index (Phi) is 6.25. The minimum absolute atomic E-state index is 0.0798. The Morgan fingerprint density at radius 2 is 1.83 bits per heavy atom. The van der Waals surface area contributed by atoms with E-state index in [0.29, 0.717) is 5.11 Å². The van der Waals surface area contributed by atoms with E-state index < -0.39 is 0 Å². The van der Waals surface area contributed by atoms with Gasteiger partial charge in [0.25, 0.3) is 0 Å². The van der Waals surface area contributed by atoms with Crippen LogP contribution in [-0.4, -0.2) is 11.2 Å². The van der Waals surface area contributed by atoms with Gasteiger partial charge < -0.3 is 10.6 Å². The van der Waals surface area contributed by atoms with Gasteiger partial charge in [0.1, 0.15) is 0 Å². The minimum atomic E-state index is 0.0798. The summed E-state index contributed by atoms with van der Waals surface area (Å²) in [5, 5.41) is 7.92. The Morgan fingerprint density at radius 3 is 2.46 bits per heavy atom. The molecular formula is C20H25ClN2S. The molecule has 0 amide bonds. The van der Waals surface area contributed by atoms with Crippen LogP contribution in [0.15, 0.2) is 48.5 Å². The Labute approximate surface area is 155 Å². The van der Waals surface area contributed by atoms with E-state index in [1.54, 1.807) is 0 Å². The van der Waals surface area contributed by atoms with Gasteiger partial charge in [-0.05, 0) is 61.2 Å². The largest absolute Gasteiger partial charge is 0.360 e. The Morgan fingerprint density at radius 1 is 1.17 bits per heavy atom. The maximum atomic E-state index is 6.15. The van der Waals surface area contributed by atoms with Crippen LogP contribution in [-0.2, 0) is 5.41 Å². The van der Waals surface area contributed by atoms with Crippen molar-refractivity contribution in [2.45, 2.75) is 45.6 Å². The van der Waals surface area contributed by atoms with E-state index in [1.807, 2.05) is 31.2 Å². The first kappa shape index (κ1) is 18.8. The molecule has 0 radical (unpaired) electrons. The third kappa shape index (κ3) is 5.22. The van der Waals surface area contributed by atoms with Crippen LogP contribution in [0, 0.1) is 6.92 Å². The van der Waals surface area contributed by atoms with Crippen molar-refractivity contribution in [3.8, 4) is 0 Å². The van der Waals surface area contributed by atoms with Crippen LogP contribution < -0.4 is 10.6 Å². The summed E-state index contributed by atoms with van der Waals surface area (Å²) < 4.78 is 0. The zero-order valence-corrected chi connectivity index (χ0v) is 16.3. The molecule has 2 N–H and O–H groups in total. The van der Waals surface area contributed by atoms with E-state index in [0.717, 1.165) is 22.7 Å². The molecule has 2 nitrogen and oxygen atoms in total. The summed E-state index contributed by atoms with van der Waals surface area (Å²) in [5.74, 6) is 0. The second-order valence-electron chi connectivity index (χ2n) is 6.92. The fourth-order valence-electron chi connectivity index (χ4n) is 2.89. The quantitative estimate of drug-likeness (QED) is 0.669. The summed E-state index contributed by atoms with van der Waals surface area (Å²) in [6, 6.07) is 16.7. The van der Waals surface area contributed by atoms with E-state index in [-0.39, 0.29) is 11.5 Å². The Bertz CT molecular complexity index is 698. The average Bonchev–Trinajstić information content (AvgIpc) is 2.51. The lowest BCUT2D eigenvalue weighted by Crippen LogP contribution is -2.39. The fourth-order valence-corrected chi connectivity index (χ4v) is 3.38. The van der Waals surface area contributed by atoms with E-state index in [2.05, 4.69) is 55.7 Å². The minimum Gasteiger partial charge on any atom is -0.360 e. The van der Waals surface area contributed by atoms with Crippen molar-refractivity contribution in [2.75, 3.05) is 5.32 Å². The smallest absolute Gasteiger partial charge is 0.170 e. The van der Waals surface area contributed by atoms with Crippen LogP contribution in [0.5, 0.6) is 0 Å². The molecule has 0 aliphatic rings. The third-order valence-electron chi connectivity index (χ3n) is 4.18. The van der Waals surface area contributed by atoms with Crippen LogP contribution in [0.2, 0.25) is 5.02 Å². The van der Waals surface area contributed by atoms with Crippen LogP contribution in [0.25, 0.3) is 0 Å². The summed E-state index contributed by atoms with van der Waals surface area (Å²) in [6.07, 6.45) is 0.980. The number of nitrogens with one attached hydrogen (secondary N) is 2. The molecule has 4 heteroatoms. The lowest BCUT2D eigenvalue weighted by atomic mass is 9.79. The van der Waals surface area contributed by atoms with Crippen LogP contribution >= 0.6 is 23.8 Å².